The summed E-state index contributed by atoms with van der Waals surface area (Å²) in [6, 6.07) is 10.1. The zero-order chi connectivity index (χ0) is 11.1. The number of halogens is 1. The molecule has 0 N–H and O–H groups in total. The van der Waals surface area contributed by atoms with Crippen molar-refractivity contribution in [1.29, 1.82) is 0 Å². The van der Waals surface area contributed by atoms with Gasteiger partial charge in [0.1, 0.15) is 3.70 Å². The van der Waals surface area contributed by atoms with Gasteiger partial charge in [0.25, 0.3) is 0 Å². The number of hydrogen-bond acceptors (Lipinski definition) is 1. The van der Waals surface area contributed by atoms with Crippen molar-refractivity contribution in [3.8, 4) is 0 Å². The van der Waals surface area contributed by atoms with Gasteiger partial charge in [0.15, 0.2) is 0 Å². The highest BCUT2D eigenvalue weighted by atomic mass is 127. The Hall–Kier alpha value is -0.900. The highest BCUT2D eigenvalue weighted by Crippen LogP contribution is 2.18. The number of nitrogens with zero attached hydrogens (tertiary/aromatic N) is 1. The second kappa shape index (κ2) is 6.56. The summed E-state index contributed by atoms with van der Waals surface area (Å²) in [6.07, 6.45) is 4.84. The van der Waals surface area contributed by atoms with Crippen LogP contribution in [0.15, 0.2) is 51.7 Å². The summed E-state index contributed by atoms with van der Waals surface area (Å²) in [5, 5.41) is 0. The van der Waals surface area contributed by atoms with E-state index in [1.54, 1.807) is 0 Å². The maximum Gasteiger partial charge on any atom is 0.101 e. The summed E-state index contributed by atoms with van der Waals surface area (Å²) >= 11 is 2.21. The lowest BCUT2D eigenvalue weighted by molar-refractivity contribution is 1.31. The first-order chi connectivity index (χ1) is 7.24. The van der Waals surface area contributed by atoms with E-state index in [1.807, 2.05) is 42.6 Å². The maximum atomic E-state index is 4.27. The van der Waals surface area contributed by atoms with Gasteiger partial charge >= 0.3 is 0 Å². The number of rotatable bonds is 4. The molecule has 0 unspecified atom stereocenters. The van der Waals surface area contributed by atoms with Crippen LogP contribution in [0.5, 0.6) is 0 Å². The van der Waals surface area contributed by atoms with Crippen LogP contribution in [0.3, 0.4) is 0 Å². The average Bonchev–Trinajstić information content (AvgIpc) is 2.27. The Morgan fingerprint density at radius 2 is 2.07 bits per heavy atom. The molecular formula is C13H14IN. The normalized spacial score (nSPS) is 12.0. The van der Waals surface area contributed by atoms with Gasteiger partial charge < -0.3 is 0 Å². The summed E-state index contributed by atoms with van der Waals surface area (Å²) in [5.74, 6) is 0. The highest BCUT2D eigenvalue weighted by molar-refractivity contribution is 14.1. The molecule has 0 fully saturated rings. The van der Waals surface area contributed by atoms with Gasteiger partial charge in [-0.25, -0.2) is 0 Å². The molecule has 78 valence electrons. The third-order valence-corrected chi connectivity index (χ3v) is 2.43. The van der Waals surface area contributed by atoms with Crippen molar-refractivity contribution >= 4 is 34.4 Å². The van der Waals surface area contributed by atoms with Crippen molar-refractivity contribution < 1.29 is 0 Å². The van der Waals surface area contributed by atoms with Gasteiger partial charge in [-0.2, -0.15) is 0 Å². The molecule has 1 aromatic carbocycles. The lowest BCUT2D eigenvalue weighted by Crippen LogP contribution is -1.78. The predicted molar refractivity (Wildman–Crippen MR) is 76.4 cm³/mol. The first kappa shape index (κ1) is 12.2. The molecule has 0 heterocycles. The Morgan fingerprint density at radius 1 is 1.40 bits per heavy atom. The number of hydrogen-bond donors (Lipinski definition) is 0. The second-order valence-electron chi connectivity index (χ2n) is 3.08. The zero-order valence-electron chi connectivity index (χ0n) is 8.78. The Bertz CT molecular complexity index is 377. The van der Waals surface area contributed by atoms with Crippen molar-refractivity contribution in [2.45, 2.75) is 13.3 Å². The Balaban J connectivity index is 2.75. The predicted octanol–water partition coefficient (Wildman–Crippen LogP) is 4.46. The number of benzene rings is 1. The molecular weight excluding hydrogens is 297 g/mol. The van der Waals surface area contributed by atoms with E-state index in [1.165, 1.54) is 0 Å². The standard InChI is InChI=1S/C13H14IN/c1-3-9-15-13(14)10-11(2)12-7-5-4-6-8-12/h4-10H,2-3H2,1H3/b13-10-,15-9-. The van der Waals surface area contributed by atoms with Gasteiger partial charge in [-0.3, -0.25) is 4.99 Å². The molecule has 0 aliphatic heterocycles. The highest BCUT2D eigenvalue weighted by Gasteiger charge is 1.94. The van der Waals surface area contributed by atoms with E-state index in [-0.39, 0.29) is 0 Å². The largest absolute Gasteiger partial charge is 0.255 e. The van der Waals surface area contributed by atoms with Crippen molar-refractivity contribution in [2.75, 3.05) is 0 Å². The lowest BCUT2D eigenvalue weighted by Gasteiger charge is -1.99. The molecule has 2 heteroatoms. The third-order valence-electron chi connectivity index (χ3n) is 1.84. The molecule has 0 aliphatic rings. The van der Waals surface area contributed by atoms with Crippen LogP contribution >= 0.6 is 22.6 Å². The second-order valence-corrected chi connectivity index (χ2v) is 4.18. The van der Waals surface area contributed by atoms with Gasteiger partial charge in [-0.1, -0.05) is 43.8 Å². The van der Waals surface area contributed by atoms with Gasteiger partial charge in [-0.05, 0) is 46.2 Å². The monoisotopic (exact) mass is 311 g/mol. The van der Waals surface area contributed by atoms with Crippen LogP contribution in [-0.4, -0.2) is 6.21 Å². The van der Waals surface area contributed by atoms with Crippen LogP contribution in [0.1, 0.15) is 18.9 Å². The average molecular weight is 311 g/mol. The van der Waals surface area contributed by atoms with Crippen molar-refractivity contribution in [2.24, 2.45) is 4.99 Å². The molecule has 0 radical (unpaired) electrons. The van der Waals surface area contributed by atoms with Gasteiger partial charge in [-0.15, -0.1) is 0 Å². The summed E-state index contributed by atoms with van der Waals surface area (Å²) < 4.78 is 0.961. The van der Waals surface area contributed by atoms with E-state index in [0.717, 1.165) is 21.3 Å². The third kappa shape index (κ3) is 4.42. The van der Waals surface area contributed by atoms with E-state index in [4.69, 9.17) is 0 Å². The molecule has 0 atom stereocenters. The lowest BCUT2D eigenvalue weighted by atomic mass is 10.1. The minimum absolute atomic E-state index is 0.957. The summed E-state index contributed by atoms with van der Waals surface area (Å²) in [4.78, 5) is 4.27. The molecule has 1 aromatic rings. The minimum Gasteiger partial charge on any atom is -0.255 e. The topological polar surface area (TPSA) is 12.4 Å². The van der Waals surface area contributed by atoms with Crippen molar-refractivity contribution in [1.82, 2.24) is 0 Å². The van der Waals surface area contributed by atoms with Crippen molar-refractivity contribution in [3.63, 3.8) is 0 Å². The molecule has 0 saturated heterocycles. The quantitative estimate of drug-likeness (QED) is 0.337. The SMILES string of the molecule is C=C(/C=C(I)\N=C/CC)c1ccccc1. The molecule has 1 nitrogen and oxygen atoms in total. The molecule has 15 heavy (non-hydrogen) atoms. The van der Waals surface area contributed by atoms with E-state index in [9.17, 15) is 0 Å². The van der Waals surface area contributed by atoms with Crippen molar-refractivity contribution in [3.05, 3.63) is 52.3 Å². The zero-order valence-corrected chi connectivity index (χ0v) is 10.9. The smallest absolute Gasteiger partial charge is 0.101 e. The fraction of sp³-hybridized carbons (Fsp3) is 0.154. The number of aliphatic imine (C=N–C) groups is 1. The number of allylic oxidation sites excluding steroid dienone is 2. The van der Waals surface area contributed by atoms with Gasteiger partial charge in [0.05, 0.1) is 0 Å². The summed E-state index contributed by atoms with van der Waals surface area (Å²) in [5.41, 5.74) is 2.13. The maximum absolute atomic E-state index is 4.27. The van der Waals surface area contributed by atoms with Crippen LogP contribution in [-0.2, 0) is 0 Å². The molecule has 0 aromatic heterocycles. The van der Waals surface area contributed by atoms with E-state index in [2.05, 4.69) is 41.1 Å². The summed E-state index contributed by atoms with van der Waals surface area (Å²) in [7, 11) is 0. The molecule has 0 spiro atoms. The molecule has 0 bridgehead atoms. The molecule has 1 rings (SSSR count). The van der Waals surface area contributed by atoms with Crippen LogP contribution in [0.4, 0.5) is 0 Å². The van der Waals surface area contributed by atoms with E-state index >= 15 is 0 Å². The fourth-order valence-electron chi connectivity index (χ4n) is 1.10. The first-order valence-electron chi connectivity index (χ1n) is 4.88. The van der Waals surface area contributed by atoms with Crippen LogP contribution < -0.4 is 0 Å². The first-order valence-corrected chi connectivity index (χ1v) is 5.96. The Morgan fingerprint density at radius 3 is 2.67 bits per heavy atom. The van der Waals surface area contributed by atoms with E-state index < -0.39 is 0 Å². The van der Waals surface area contributed by atoms with Crippen LogP contribution in [0.25, 0.3) is 5.57 Å². The molecule has 0 aliphatic carbocycles. The Labute approximate surface area is 105 Å². The van der Waals surface area contributed by atoms with Gasteiger partial charge in [0.2, 0.25) is 0 Å². The fourth-order valence-corrected chi connectivity index (χ4v) is 1.67. The molecule has 0 amide bonds. The Kier molecular flexibility index (Phi) is 5.32. The molecule has 0 saturated carbocycles. The van der Waals surface area contributed by atoms with Gasteiger partial charge in [0, 0.05) is 6.21 Å². The minimum atomic E-state index is 0.957. The summed E-state index contributed by atoms with van der Waals surface area (Å²) in [6.45, 7) is 6.09. The van der Waals surface area contributed by atoms with E-state index in [0.29, 0.717) is 0 Å². The van der Waals surface area contributed by atoms with Crippen LogP contribution in [0.2, 0.25) is 0 Å². The van der Waals surface area contributed by atoms with Crippen LogP contribution in [0, 0.1) is 0 Å².